The van der Waals surface area contributed by atoms with Crippen LogP contribution >= 0.6 is 11.6 Å². The summed E-state index contributed by atoms with van der Waals surface area (Å²) >= 11 is 5.78. The Kier molecular flexibility index (Phi) is 8.19. The summed E-state index contributed by atoms with van der Waals surface area (Å²) < 4.78 is 13.4. The van der Waals surface area contributed by atoms with Gasteiger partial charge in [-0.25, -0.2) is 4.39 Å². The van der Waals surface area contributed by atoms with Gasteiger partial charge in [0.2, 0.25) is 17.4 Å². The second-order valence-electron chi connectivity index (χ2n) is 8.32. The molecule has 1 aromatic carbocycles. The van der Waals surface area contributed by atoms with Crippen molar-refractivity contribution in [2.45, 2.75) is 38.5 Å². The standard InChI is InChI=1S/C21H28ClFN4O5/c1-12(2)17(18(29)26(3)4)25-16(28)11-27-6-5-21(32,20(27)31)19(30)24-10-13-7-14(22)9-15(23)8-13/h7-9,12,17,32H,5-6,10-11H2,1-4H3,(H,24,30)(H,25,28)/t17-,21+/m1/s1. The Bertz CT molecular complexity index is 890. The number of halogens is 2. The molecule has 9 nitrogen and oxygen atoms in total. The zero-order valence-corrected chi connectivity index (χ0v) is 19.2. The third-order valence-corrected chi connectivity index (χ3v) is 5.38. The molecule has 1 fully saturated rings. The summed E-state index contributed by atoms with van der Waals surface area (Å²) in [7, 11) is 3.15. The average molecular weight is 471 g/mol. The molecule has 0 spiro atoms. The smallest absolute Gasteiger partial charge is 0.264 e. The highest BCUT2D eigenvalue weighted by atomic mass is 35.5. The second kappa shape index (κ2) is 10.3. The number of nitrogens with one attached hydrogen (secondary N) is 2. The lowest BCUT2D eigenvalue weighted by molar-refractivity contribution is -0.155. The van der Waals surface area contributed by atoms with Crippen molar-refractivity contribution in [3.63, 3.8) is 0 Å². The molecule has 1 aromatic rings. The van der Waals surface area contributed by atoms with Crippen molar-refractivity contribution in [1.29, 1.82) is 0 Å². The molecule has 4 amide bonds. The molecule has 0 radical (unpaired) electrons. The van der Waals surface area contributed by atoms with Gasteiger partial charge in [0.1, 0.15) is 11.9 Å². The summed E-state index contributed by atoms with van der Waals surface area (Å²) in [5.74, 6) is -3.49. The highest BCUT2D eigenvalue weighted by Crippen LogP contribution is 2.23. The fraction of sp³-hybridized carbons (Fsp3) is 0.524. The highest BCUT2D eigenvalue weighted by molar-refractivity contribution is 6.30. The van der Waals surface area contributed by atoms with Crippen molar-refractivity contribution >= 4 is 35.2 Å². The number of hydrogen-bond donors (Lipinski definition) is 3. The van der Waals surface area contributed by atoms with Crippen LogP contribution in [0.15, 0.2) is 18.2 Å². The Morgan fingerprint density at radius 1 is 1.28 bits per heavy atom. The molecule has 0 saturated carbocycles. The van der Waals surface area contributed by atoms with E-state index in [2.05, 4.69) is 10.6 Å². The minimum atomic E-state index is -2.34. The van der Waals surface area contributed by atoms with Crippen LogP contribution in [0.1, 0.15) is 25.8 Å². The minimum Gasteiger partial charge on any atom is -0.372 e. The summed E-state index contributed by atoms with van der Waals surface area (Å²) in [6, 6.07) is 2.96. The maximum Gasteiger partial charge on any atom is 0.264 e. The van der Waals surface area contributed by atoms with E-state index < -0.39 is 41.7 Å². The number of likely N-dealkylation sites (tertiary alicyclic amines) is 1. The van der Waals surface area contributed by atoms with Crippen LogP contribution in [0, 0.1) is 11.7 Å². The van der Waals surface area contributed by atoms with E-state index in [0.717, 1.165) is 11.0 Å². The molecular formula is C21H28ClFN4O5. The Morgan fingerprint density at radius 3 is 2.50 bits per heavy atom. The molecule has 1 aliphatic rings. The Hall–Kier alpha value is -2.72. The average Bonchev–Trinajstić information content (AvgIpc) is 2.98. The lowest BCUT2D eigenvalue weighted by atomic mass is 10.0. The first-order valence-electron chi connectivity index (χ1n) is 10.1. The maximum atomic E-state index is 13.4. The zero-order chi connectivity index (χ0) is 24.2. The van der Waals surface area contributed by atoms with Crippen molar-refractivity contribution in [3.05, 3.63) is 34.6 Å². The second-order valence-corrected chi connectivity index (χ2v) is 8.76. The van der Waals surface area contributed by atoms with E-state index in [-0.39, 0.29) is 36.4 Å². The summed E-state index contributed by atoms with van der Waals surface area (Å²) in [6.07, 6.45) is -0.209. The molecule has 11 heteroatoms. The summed E-state index contributed by atoms with van der Waals surface area (Å²) in [5.41, 5.74) is -1.98. The first-order valence-corrected chi connectivity index (χ1v) is 10.5. The van der Waals surface area contributed by atoms with E-state index in [0.29, 0.717) is 5.56 Å². The van der Waals surface area contributed by atoms with E-state index in [1.807, 2.05) is 0 Å². The third kappa shape index (κ3) is 5.95. The Labute approximate surface area is 190 Å². The van der Waals surface area contributed by atoms with Crippen LogP contribution in [-0.4, -0.2) is 77.4 Å². The molecule has 2 atom stereocenters. The third-order valence-electron chi connectivity index (χ3n) is 5.16. The number of carbonyl (C=O) groups is 4. The topological polar surface area (TPSA) is 119 Å². The van der Waals surface area contributed by atoms with E-state index in [9.17, 15) is 28.7 Å². The van der Waals surface area contributed by atoms with Crippen LogP contribution in [0.5, 0.6) is 0 Å². The Balaban J connectivity index is 1.98. The van der Waals surface area contributed by atoms with Gasteiger partial charge in [-0.1, -0.05) is 25.4 Å². The normalized spacial score (nSPS) is 19.1. The van der Waals surface area contributed by atoms with Crippen LogP contribution < -0.4 is 10.6 Å². The van der Waals surface area contributed by atoms with E-state index >= 15 is 0 Å². The van der Waals surface area contributed by atoms with Gasteiger partial charge in [0.25, 0.3) is 11.8 Å². The van der Waals surface area contributed by atoms with Gasteiger partial charge in [-0.15, -0.1) is 0 Å². The molecule has 0 unspecified atom stereocenters. The summed E-state index contributed by atoms with van der Waals surface area (Å²) in [6.45, 7) is 2.99. The number of rotatable bonds is 8. The van der Waals surface area contributed by atoms with Gasteiger partial charge in [-0.2, -0.15) is 0 Å². The van der Waals surface area contributed by atoms with Crippen LogP contribution in [0.25, 0.3) is 0 Å². The molecule has 1 heterocycles. The number of hydrogen-bond acceptors (Lipinski definition) is 5. The van der Waals surface area contributed by atoms with Crippen molar-refractivity contribution in [2.24, 2.45) is 5.92 Å². The van der Waals surface area contributed by atoms with Crippen molar-refractivity contribution < 1.29 is 28.7 Å². The van der Waals surface area contributed by atoms with Gasteiger partial charge in [0, 0.05) is 38.6 Å². The fourth-order valence-electron chi connectivity index (χ4n) is 3.35. The first-order chi connectivity index (χ1) is 14.8. The number of likely N-dealkylation sites (N-methyl/N-ethyl adjacent to an activating group) is 1. The Morgan fingerprint density at radius 2 is 1.94 bits per heavy atom. The van der Waals surface area contributed by atoms with Crippen LogP contribution in [0.4, 0.5) is 4.39 Å². The molecule has 176 valence electrons. The summed E-state index contributed by atoms with van der Waals surface area (Å²) in [5, 5.41) is 15.8. The van der Waals surface area contributed by atoms with Gasteiger partial charge in [0.15, 0.2) is 0 Å². The number of amides is 4. The van der Waals surface area contributed by atoms with Crippen LogP contribution in [0.3, 0.4) is 0 Å². The monoisotopic (exact) mass is 470 g/mol. The minimum absolute atomic E-state index is 0.0179. The van der Waals surface area contributed by atoms with Crippen LogP contribution in [0.2, 0.25) is 5.02 Å². The zero-order valence-electron chi connectivity index (χ0n) is 18.4. The largest absolute Gasteiger partial charge is 0.372 e. The molecule has 1 saturated heterocycles. The number of nitrogens with zero attached hydrogens (tertiary/aromatic N) is 2. The van der Waals surface area contributed by atoms with Crippen molar-refractivity contribution in [2.75, 3.05) is 27.2 Å². The van der Waals surface area contributed by atoms with Crippen molar-refractivity contribution in [3.8, 4) is 0 Å². The molecule has 0 aromatic heterocycles. The van der Waals surface area contributed by atoms with Crippen molar-refractivity contribution in [1.82, 2.24) is 20.4 Å². The van der Waals surface area contributed by atoms with Gasteiger partial charge in [0.05, 0.1) is 6.54 Å². The summed E-state index contributed by atoms with van der Waals surface area (Å²) in [4.78, 5) is 52.3. The maximum absolute atomic E-state index is 13.4. The van der Waals surface area contributed by atoms with Gasteiger partial charge in [-0.05, 0) is 29.7 Å². The lowest BCUT2D eigenvalue weighted by Crippen LogP contribution is -2.54. The molecule has 2 rings (SSSR count). The number of aliphatic hydroxyl groups is 1. The van der Waals surface area contributed by atoms with E-state index in [1.54, 1.807) is 27.9 Å². The number of benzene rings is 1. The highest BCUT2D eigenvalue weighted by Gasteiger charge is 2.51. The molecule has 3 N–H and O–H groups in total. The SMILES string of the molecule is CC(C)[C@@H](NC(=O)CN1CC[C@](O)(C(=O)NCc2cc(F)cc(Cl)c2)C1=O)C(=O)N(C)C. The van der Waals surface area contributed by atoms with Gasteiger partial charge in [-0.3, -0.25) is 19.2 Å². The predicted molar refractivity (Wildman–Crippen MR) is 115 cm³/mol. The molecule has 0 bridgehead atoms. The molecule has 0 aliphatic carbocycles. The first kappa shape index (κ1) is 25.5. The molecule has 1 aliphatic heterocycles. The van der Waals surface area contributed by atoms with E-state index in [4.69, 9.17) is 11.6 Å². The number of carbonyl (C=O) groups excluding carboxylic acids is 4. The molecule has 32 heavy (non-hydrogen) atoms. The predicted octanol–water partition coefficient (Wildman–Crippen LogP) is 0.288. The van der Waals surface area contributed by atoms with Gasteiger partial charge < -0.3 is 25.5 Å². The fourth-order valence-corrected chi connectivity index (χ4v) is 3.60. The van der Waals surface area contributed by atoms with Gasteiger partial charge >= 0.3 is 0 Å². The van der Waals surface area contributed by atoms with E-state index in [1.165, 1.54) is 17.0 Å². The molecular weight excluding hydrogens is 443 g/mol. The van der Waals surface area contributed by atoms with Crippen LogP contribution in [-0.2, 0) is 25.7 Å². The quantitative estimate of drug-likeness (QED) is 0.472. The lowest BCUT2D eigenvalue weighted by Gasteiger charge is -2.26.